The van der Waals surface area contributed by atoms with Crippen molar-refractivity contribution in [2.45, 2.75) is 64.0 Å². The van der Waals surface area contributed by atoms with Crippen molar-refractivity contribution in [1.82, 2.24) is 9.80 Å². The normalized spacial score (nSPS) is 25.6. The van der Waals surface area contributed by atoms with Gasteiger partial charge in [-0.2, -0.15) is 0 Å². The Bertz CT molecular complexity index is 493. The van der Waals surface area contributed by atoms with E-state index in [4.69, 9.17) is 5.73 Å². The Kier molecular flexibility index (Phi) is 6.92. The second kappa shape index (κ2) is 9.16. The van der Waals surface area contributed by atoms with Crippen molar-refractivity contribution in [3.8, 4) is 0 Å². The quantitative estimate of drug-likeness (QED) is 0.851. The smallest absolute Gasteiger partial charge is 0.0356 e. The van der Waals surface area contributed by atoms with Crippen LogP contribution in [0.5, 0.6) is 0 Å². The highest BCUT2D eigenvalue weighted by Crippen LogP contribution is 2.33. The molecule has 2 saturated heterocycles. The molecule has 0 radical (unpaired) electrons. The van der Waals surface area contributed by atoms with Crippen LogP contribution < -0.4 is 5.73 Å². The maximum absolute atomic E-state index is 6.35. The minimum absolute atomic E-state index is 0.258. The molecule has 1 unspecified atom stereocenters. The molecule has 1 aromatic carbocycles. The number of nitrogens with zero attached hydrogens (tertiary/aromatic N) is 2. The Labute approximate surface area is 154 Å². The molecule has 0 aliphatic carbocycles. The average Bonchev–Trinajstić information content (AvgIpc) is 2.90. The Morgan fingerprint density at radius 1 is 1.04 bits per heavy atom. The van der Waals surface area contributed by atoms with Gasteiger partial charge < -0.3 is 5.73 Å². The van der Waals surface area contributed by atoms with Crippen LogP contribution >= 0.6 is 0 Å². The molecule has 3 nitrogen and oxygen atoms in total. The summed E-state index contributed by atoms with van der Waals surface area (Å²) in [6, 6.07) is 10.9. The summed E-state index contributed by atoms with van der Waals surface area (Å²) in [7, 11) is 0. The second-order valence-corrected chi connectivity index (χ2v) is 8.26. The largest absolute Gasteiger partial charge is 0.329 e. The highest BCUT2D eigenvalue weighted by atomic mass is 15.2. The molecule has 25 heavy (non-hydrogen) atoms. The van der Waals surface area contributed by atoms with E-state index in [1.165, 1.54) is 76.7 Å². The number of piperidine rings is 1. The summed E-state index contributed by atoms with van der Waals surface area (Å²) in [5, 5.41) is 0. The fourth-order valence-corrected chi connectivity index (χ4v) is 4.96. The van der Waals surface area contributed by atoms with Crippen molar-refractivity contribution in [2.75, 3.05) is 32.7 Å². The van der Waals surface area contributed by atoms with E-state index in [9.17, 15) is 0 Å². The van der Waals surface area contributed by atoms with E-state index in [0.717, 1.165) is 19.0 Å². The lowest BCUT2D eigenvalue weighted by molar-refractivity contribution is 0.0258. The van der Waals surface area contributed by atoms with Crippen LogP contribution in [0, 0.1) is 5.92 Å². The van der Waals surface area contributed by atoms with E-state index >= 15 is 0 Å². The summed E-state index contributed by atoms with van der Waals surface area (Å²) in [5.74, 6) is 0.947. The summed E-state index contributed by atoms with van der Waals surface area (Å²) in [5.41, 5.74) is 8.04. The molecule has 0 amide bonds. The number of hydrogen-bond donors (Lipinski definition) is 1. The molecular formula is C22H37N3. The summed E-state index contributed by atoms with van der Waals surface area (Å²) in [4.78, 5) is 5.39. The molecule has 1 aromatic rings. The molecule has 0 aromatic heterocycles. The van der Waals surface area contributed by atoms with Gasteiger partial charge in [-0.25, -0.2) is 0 Å². The number of benzene rings is 1. The number of hydrogen-bond acceptors (Lipinski definition) is 3. The standard InChI is InChI=1S/C22H37N3/c1-2-7-20-10-6-14-25(15-11-20)22(19-23)12-16-24(17-13-22)18-21-8-4-3-5-9-21/h3-5,8-9,20H,2,6-7,10-19,23H2,1H3. The Hall–Kier alpha value is -0.900. The monoisotopic (exact) mass is 343 g/mol. The van der Waals surface area contributed by atoms with Crippen molar-refractivity contribution >= 4 is 0 Å². The predicted octanol–water partition coefficient (Wildman–Crippen LogP) is 3.88. The minimum atomic E-state index is 0.258. The Morgan fingerprint density at radius 2 is 1.80 bits per heavy atom. The van der Waals surface area contributed by atoms with Crippen LogP contribution in [-0.2, 0) is 6.54 Å². The topological polar surface area (TPSA) is 32.5 Å². The fourth-order valence-electron chi connectivity index (χ4n) is 4.96. The SMILES string of the molecule is CCCC1CCCN(C2(CN)CCN(Cc3ccccc3)CC2)CC1. The van der Waals surface area contributed by atoms with Gasteiger partial charge >= 0.3 is 0 Å². The third-order valence-corrected chi connectivity index (χ3v) is 6.63. The molecule has 2 N–H and O–H groups in total. The highest BCUT2D eigenvalue weighted by Gasteiger charge is 2.39. The van der Waals surface area contributed by atoms with Gasteiger partial charge in [0.25, 0.3) is 0 Å². The highest BCUT2D eigenvalue weighted by molar-refractivity contribution is 5.14. The molecule has 140 valence electrons. The molecule has 0 saturated carbocycles. The van der Waals surface area contributed by atoms with Crippen molar-refractivity contribution in [3.05, 3.63) is 35.9 Å². The van der Waals surface area contributed by atoms with Gasteiger partial charge in [-0.15, -0.1) is 0 Å². The molecule has 1 atom stereocenters. The van der Waals surface area contributed by atoms with Gasteiger partial charge in [-0.3, -0.25) is 9.80 Å². The van der Waals surface area contributed by atoms with Crippen molar-refractivity contribution in [1.29, 1.82) is 0 Å². The van der Waals surface area contributed by atoms with Crippen LogP contribution in [-0.4, -0.2) is 48.1 Å². The van der Waals surface area contributed by atoms with Gasteiger partial charge in [0.2, 0.25) is 0 Å². The van der Waals surface area contributed by atoms with Crippen molar-refractivity contribution < 1.29 is 0 Å². The maximum atomic E-state index is 6.35. The van der Waals surface area contributed by atoms with Crippen LogP contribution in [0.25, 0.3) is 0 Å². The van der Waals surface area contributed by atoms with E-state index in [0.29, 0.717) is 0 Å². The van der Waals surface area contributed by atoms with Crippen LogP contribution in [0.4, 0.5) is 0 Å². The molecule has 0 spiro atoms. The van der Waals surface area contributed by atoms with Crippen LogP contribution in [0.2, 0.25) is 0 Å². The van der Waals surface area contributed by atoms with Crippen molar-refractivity contribution in [2.24, 2.45) is 11.7 Å². The lowest BCUT2D eigenvalue weighted by Gasteiger charge is -2.48. The van der Waals surface area contributed by atoms with E-state index in [1.54, 1.807) is 0 Å². The van der Waals surface area contributed by atoms with Gasteiger partial charge in [0.15, 0.2) is 0 Å². The van der Waals surface area contributed by atoms with Gasteiger partial charge in [-0.1, -0.05) is 50.1 Å². The van der Waals surface area contributed by atoms with Crippen LogP contribution in [0.15, 0.2) is 30.3 Å². The van der Waals surface area contributed by atoms with Gasteiger partial charge in [0, 0.05) is 31.7 Å². The van der Waals surface area contributed by atoms with E-state index < -0.39 is 0 Å². The first-order valence-electron chi connectivity index (χ1n) is 10.5. The third-order valence-electron chi connectivity index (χ3n) is 6.63. The maximum Gasteiger partial charge on any atom is 0.0356 e. The zero-order valence-electron chi connectivity index (χ0n) is 16.1. The molecule has 2 heterocycles. The van der Waals surface area contributed by atoms with Gasteiger partial charge in [-0.05, 0) is 56.7 Å². The molecule has 2 aliphatic heterocycles. The zero-order valence-corrected chi connectivity index (χ0v) is 16.1. The average molecular weight is 344 g/mol. The van der Waals surface area contributed by atoms with E-state index in [1.807, 2.05) is 0 Å². The molecule has 3 heteroatoms. The lowest BCUT2D eigenvalue weighted by atomic mass is 9.85. The Morgan fingerprint density at radius 3 is 2.48 bits per heavy atom. The summed E-state index contributed by atoms with van der Waals surface area (Å²) in [6.45, 7) is 9.12. The summed E-state index contributed by atoms with van der Waals surface area (Å²) in [6.07, 6.45) is 9.37. The molecule has 0 bridgehead atoms. The summed E-state index contributed by atoms with van der Waals surface area (Å²) >= 11 is 0. The molecule has 2 fully saturated rings. The van der Waals surface area contributed by atoms with Crippen LogP contribution in [0.3, 0.4) is 0 Å². The molecule has 3 rings (SSSR count). The Balaban J connectivity index is 1.55. The van der Waals surface area contributed by atoms with E-state index in [2.05, 4.69) is 47.1 Å². The minimum Gasteiger partial charge on any atom is -0.329 e. The van der Waals surface area contributed by atoms with E-state index in [-0.39, 0.29) is 5.54 Å². The van der Waals surface area contributed by atoms with Gasteiger partial charge in [0.1, 0.15) is 0 Å². The lowest BCUT2D eigenvalue weighted by Crippen LogP contribution is -2.59. The predicted molar refractivity (Wildman–Crippen MR) is 107 cm³/mol. The number of nitrogens with two attached hydrogens (primary N) is 1. The first-order chi connectivity index (χ1) is 12.3. The third kappa shape index (κ3) is 4.84. The molecular weight excluding hydrogens is 306 g/mol. The first kappa shape index (κ1) is 18.9. The molecule has 2 aliphatic rings. The van der Waals surface area contributed by atoms with Crippen LogP contribution in [0.1, 0.15) is 57.4 Å². The number of rotatable bonds is 6. The zero-order chi connectivity index (χ0) is 17.5. The summed E-state index contributed by atoms with van der Waals surface area (Å²) < 4.78 is 0. The second-order valence-electron chi connectivity index (χ2n) is 8.26. The fraction of sp³-hybridized carbons (Fsp3) is 0.727. The first-order valence-corrected chi connectivity index (χ1v) is 10.5. The van der Waals surface area contributed by atoms with Crippen molar-refractivity contribution in [3.63, 3.8) is 0 Å². The number of likely N-dealkylation sites (tertiary alicyclic amines) is 2. The van der Waals surface area contributed by atoms with Gasteiger partial charge in [0.05, 0.1) is 0 Å².